The van der Waals surface area contributed by atoms with Crippen molar-refractivity contribution in [2.24, 2.45) is 0 Å². The number of rotatable bonds is 3. The topological polar surface area (TPSA) is 43.1 Å². The lowest BCUT2D eigenvalue weighted by Gasteiger charge is -2.08. The van der Waals surface area contributed by atoms with Crippen LogP contribution in [-0.2, 0) is 4.79 Å². The number of anilines is 1. The number of thioether (sulfide) groups is 1. The van der Waals surface area contributed by atoms with Crippen LogP contribution in [-0.4, -0.2) is 12.0 Å². The van der Waals surface area contributed by atoms with Crippen molar-refractivity contribution in [1.29, 1.82) is 0 Å². The molecule has 1 rings (SSSR count). The number of carbonyl (C=O) groups excluding carboxylic acids is 1. The van der Waals surface area contributed by atoms with Crippen molar-refractivity contribution in [3.63, 3.8) is 0 Å². The molecule has 0 amide bonds. The van der Waals surface area contributed by atoms with Gasteiger partial charge in [-0.05, 0) is 30.9 Å². The van der Waals surface area contributed by atoms with Crippen molar-refractivity contribution in [2.75, 3.05) is 12.0 Å². The first-order chi connectivity index (χ1) is 6.56. The third kappa shape index (κ3) is 2.42. The van der Waals surface area contributed by atoms with Crippen molar-refractivity contribution in [3.8, 4) is 0 Å². The van der Waals surface area contributed by atoms with Gasteiger partial charge in [-0.2, -0.15) is 0 Å². The van der Waals surface area contributed by atoms with Crippen molar-refractivity contribution in [3.05, 3.63) is 23.8 Å². The maximum absolute atomic E-state index is 11.0. The Labute approximate surface area is 92.8 Å². The molecular formula is C10H12ClNOS. The summed E-state index contributed by atoms with van der Waals surface area (Å²) < 4.78 is 0. The number of carbonyl (C=O) groups is 1. The molecule has 0 heterocycles. The number of halogens is 1. The minimum Gasteiger partial charge on any atom is -0.398 e. The van der Waals surface area contributed by atoms with Gasteiger partial charge in [0.05, 0.1) is 0 Å². The van der Waals surface area contributed by atoms with Crippen molar-refractivity contribution in [2.45, 2.75) is 17.2 Å². The Balaban J connectivity index is 3.02. The molecule has 76 valence electrons. The lowest BCUT2D eigenvalue weighted by atomic mass is 10.1. The molecule has 0 aromatic heterocycles. The quantitative estimate of drug-likeness (QED) is 0.493. The van der Waals surface area contributed by atoms with Gasteiger partial charge < -0.3 is 5.73 Å². The molecule has 1 unspecified atom stereocenters. The highest BCUT2D eigenvalue weighted by Crippen LogP contribution is 2.29. The number of nitrogen functional groups attached to an aromatic ring is 1. The summed E-state index contributed by atoms with van der Waals surface area (Å²) in [5.74, 6) is -0.0667. The van der Waals surface area contributed by atoms with Gasteiger partial charge in [0.2, 0.25) is 0 Å². The van der Waals surface area contributed by atoms with E-state index in [-0.39, 0.29) is 5.78 Å². The van der Waals surface area contributed by atoms with Crippen LogP contribution < -0.4 is 5.73 Å². The molecule has 0 saturated carbocycles. The van der Waals surface area contributed by atoms with E-state index in [4.69, 9.17) is 17.3 Å². The monoisotopic (exact) mass is 229 g/mol. The summed E-state index contributed by atoms with van der Waals surface area (Å²) in [6.45, 7) is 1.47. The van der Waals surface area contributed by atoms with Crippen LogP contribution in [0, 0.1) is 0 Å². The Morgan fingerprint density at radius 1 is 1.57 bits per heavy atom. The highest BCUT2D eigenvalue weighted by molar-refractivity contribution is 7.98. The molecule has 0 bridgehead atoms. The summed E-state index contributed by atoms with van der Waals surface area (Å²) >= 11 is 7.47. The zero-order chi connectivity index (χ0) is 10.7. The zero-order valence-electron chi connectivity index (χ0n) is 8.08. The van der Waals surface area contributed by atoms with Gasteiger partial charge in [-0.3, -0.25) is 4.79 Å². The Morgan fingerprint density at radius 2 is 2.21 bits per heavy atom. The molecule has 0 spiro atoms. The highest BCUT2D eigenvalue weighted by Gasteiger charge is 2.13. The number of Topliss-reactive ketones (excluding diaryl/α,β-unsaturated/α-hetero) is 1. The zero-order valence-corrected chi connectivity index (χ0v) is 9.65. The molecule has 0 saturated heterocycles. The number of nitrogens with two attached hydrogens (primary N) is 1. The third-order valence-corrected chi connectivity index (χ3v) is 3.27. The summed E-state index contributed by atoms with van der Waals surface area (Å²) in [6, 6.07) is 5.47. The van der Waals surface area contributed by atoms with Gasteiger partial charge in [0.15, 0.2) is 5.78 Å². The van der Waals surface area contributed by atoms with Gasteiger partial charge in [-0.25, -0.2) is 0 Å². The first-order valence-corrected chi connectivity index (χ1v) is 5.80. The lowest BCUT2D eigenvalue weighted by molar-refractivity contribution is -0.116. The molecule has 0 fully saturated rings. The molecule has 0 aliphatic rings. The van der Waals surface area contributed by atoms with Gasteiger partial charge in [-0.15, -0.1) is 23.4 Å². The normalized spacial score (nSPS) is 12.5. The van der Waals surface area contributed by atoms with E-state index >= 15 is 0 Å². The number of hydrogen-bond acceptors (Lipinski definition) is 3. The van der Waals surface area contributed by atoms with Gasteiger partial charge in [0.1, 0.15) is 5.38 Å². The molecule has 4 heteroatoms. The summed E-state index contributed by atoms with van der Waals surface area (Å²) in [6.07, 6.45) is 1.95. The fourth-order valence-electron chi connectivity index (χ4n) is 1.15. The third-order valence-electron chi connectivity index (χ3n) is 1.90. The summed E-state index contributed by atoms with van der Waals surface area (Å²) in [4.78, 5) is 12.0. The van der Waals surface area contributed by atoms with Crippen LogP contribution in [0.1, 0.15) is 17.9 Å². The van der Waals surface area contributed by atoms with E-state index in [9.17, 15) is 4.79 Å². The molecule has 1 aromatic rings. The van der Waals surface area contributed by atoms with E-state index in [2.05, 4.69) is 0 Å². The second-order valence-corrected chi connectivity index (χ2v) is 4.26. The number of ketones is 1. The van der Waals surface area contributed by atoms with E-state index in [0.29, 0.717) is 5.69 Å². The Bertz CT molecular complexity index is 354. The average Bonchev–Trinajstić information content (AvgIpc) is 2.16. The molecule has 14 heavy (non-hydrogen) atoms. The van der Waals surface area contributed by atoms with E-state index in [0.717, 1.165) is 10.5 Å². The van der Waals surface area contributed by atoms with Crippen LogP contribution in [0.25, 0.3) is 0 Å². The first-order valence-electron chi connectivity index (χ1n) is 4.14. The van der Waals surface area contributed by atoms with Crippen LogP contribution in [0.3, 0.4) is 0 Å². The summed E-state index contributed by atoms with van der Waals surface area (Å²) in [7, 11) is 0. The van der Waals surface area contributed by atoms with Crippen LogP contribution in [0.4, 0.5) is 5.69 Å². The molecule has 1 atom stereocenters. The molecule has 0 aliphatic heterocycles. The van der Waals surface area contributed by atoms with Crippen LogP contribution >= 0.6 is 23.4 Å². The number of alkyl halides is 1. The van der Waals surface area contributed by atoms with Crippen molar-refractivity contribution < 1.29 is 4.79 Å². The lowest BCUT2D eigenvalue weighted by Crippen LogP contribution is -2.02. The van der Waals surface area contributed by atoms with Crippen LogP contribution in [0.2, 0.25) is 0 Å². The predicted molar refractivity (Wildman–Crippen MR) is 61.9 cm³/mol. The van der Waals surface area contributed by atoms with Gasteiger partial charge in [-0.1, -0.05) is 6.07 Å². The smallest absolute Gasteiger partial charge is 0.152 e. The largest absolute Gasteiger partial charge is 0.398 e. The molecule has 2 N–H and O–H groups in total. The maximum atomic E-state index is 11.0. The molecule has 0 radical (unpaired) electrons. The van der Waals surface area contributed by atoms with Gasteiger partial charge in [0, 0.05) is 10.6 Å². The fraction of sp³-hybridized carbons (Fsp3) is 0.300. The van der Waals surface area contributed by atoms with Crippen LogP contribution in [0.15, 0.2) is 23.1 Å². The number of hydrogen-bond donors (Lipinski definition) is 1. The van der Waals surface area contributed by atoms with Crippen molar-refractivity contribution >= 4 is 34.8 Å². The second kappa shape index (κ2) is 4.71. The van der Waals surface area contributed by atoms with E-state index in [1.165, 1.54) is 6.92 Å². The molecule has 0 aliphatic carbocycles. The van der Waals surface area contributed by atoms with E-state index < -0.39 is 5.38 Å². The summed E-state index contributed by atoms with van der Waals surface area (Å²) in [5, 5.41) is -0.590. The fourth-order valence-corrected chi connectivity index (χ4v) is 1.78. The number of benzene rings is 1. The second-order valence-electron chi connectivity index (χ2n) is 2.97. The average molecular weight is 230 g/mol. The molecule has 2 nitrogen and oxygen atoms in total. The van der Waals surface area contributed by atoms with Crippen molar-refractivity contribution in [1.82, 2.24) is 0 Å². The minimum absolute atomic E-state index is 0.0667. The highest BCUT2D eigenvalue weighted by atomic mass is 35.5. The Kier molecular flexibility index (Phi) is 3.84. The first kappa shape index (κ1) is 11.4. The molecule has 1 aromatic carbocycles. The van der Waals surface area contributed by atoms with Gasteiger partial charge in [0.25, 0.3) is 0 Å². The maximum Gasteiger partial charge on any atom is 0.152 e. The minimum atomic E-state index is -0.590. The van der Waals surface area contributed by atoms with Gasteiger partial charge >= 0.3 is 0 Å². The standard InChI is InChI=1S/C10H12ClNOS/c1-6(13)10(11)7-3-4-9(14-2)8(12)5-7/h3-5,10H,12H2,1-2H3. The summed E-state index contributed by atoms with van der Waals surface area (Å²) in [5.41, 5.74) is 7.21. The van der Waals surface area contributed by atoms with E-state index in [1.807, 2.05) is 18.4 Å². The SMILES string of the molecule is CSc1ccc(C(Cl)C(C)=O)cc1N. The Morgan fingerprint density at radius 3 is 2.64 bits per heavy atom. The van der Waals surface area contributed by atoms with E-state index in [1.54, 1.807) is 17.8 Å². The Hall–Kier alpha value is -0.670. The van der Waals surface area contributed by atoms with Crippen LogP contribution in [0.5, 0.6) is 0 Å². The molecular weight excluding hydrogens is 218 g/mol. The predicted octanol–water partition coefficient (Wildman–Crippen LogP) is 2.86.